The summed E-state index contributed by atoms with van der Waals surface area (Å²) in [6.07, 6.45) is 7.49. The first kappa shape index (κ1) is 23.9. The van der Waals surface area contributed by atoms with Crippen molar-refractivity contribution in [3.05, 3.63) is 51.9 Å². The molecule has 1 aliphatic carbocycles. The van der Waals surface area contributed by atoms with Gasteiger partial charge in [-0.15, -0.1) is 0 Å². The lowest BCUT2D eigenvalue weighted by molar-refractivity contribution is -0.0366. The Morgan fingerprint density at radius 2 is 2.09 bits per heavy atom. The Morgan fingerprint density at radius 3 is 2.79 bits per heavy atom. The van der Waals surface area contributed by atoms with E-state index in [1.165, 1.54) is 5.56 Å². The van der Waals surface area contributed by atoms with E-state index in [2.05, 4.69) is 48.0 Å². The smallest absolute Gasteiger partial charge is 0.251 e. The van der Waals surface area contributed by atoms with Gasteiger partial charge in [0, 0.05) is 34.5 Å². The average Bonchev–Trinajstić information content (AvgIpc) is 3.25. The van der Waals surface area contributed by atoms with Crippen molar-refractivity contribution >= 4 is 26.8 Å². The largest absolute Gasteiger partial charge is 0.501 e. The molecule has 1 fully saturated rings. The number of aromatic nitrogens is 2. The molecule has 5 nitrogen and oxygen atoms in total. The van der Waals surface area contributed by atoms with Crippen LogP contribution < -0.4 is 0 Å². The monoisotopic (exact) mass is 535 g/mol. The lowest BCUT2D eigenvalue weighted by atomic mass is 9.74. The van der Waals surface area contributed by atoms with E-state index in [1.807, 2.05) is 21.9 Å². The maximum Gasteiger partial charge on any atom is 0.251 e. The van der Waals surface area contributed by atoms with Crippen LogP contribution in [0.3, 0.4) is 0 Å². The van der Waals surface area contributed by atoms with Gasteiger partial charge < -0.3 is 9.47 Å². The van der Waals surface area contributed by atoms with Gasteiger partial charge in [0.15, 0.2) is 6.23 Å². The third-order valence-corrected chi connectivity index (χ3v) is 8.11. The molecule has 1 saturated heterocycles. The van der Waals surface area contributed by atoms with Gasteiger partial charge in [-0.25, -0.2) is 13.5 Å². The summed E-state index contributed by atoms with van der Waals surface area (Å²) in [7, 11) is 1.67. The summed E-state index contributed by atoms with van der Waals surface area (Å²) >= 11 is 3.58. The zero-order valence-electron chi connectivity index (χ0n) is 19.9. The lowest BCUT2D eigenvalue weighted by Gasteiger charge is -2.47. The van der Waals surface area contributed by atoms with E-state index in [1.54, 1.807) is 7.11 Å². The summed E-state index contributed by atoms with van der Waals surface area (Å²) in [6, 6.07) is 3.97. The summed E-state index contributed by atoms with van der Waals surface area (Å²) in [6.45, 7) is 4.69. The highest BCUT2D eigenvalue weighted by Gasteiger charge is 2.43. The third-order valence-electron chi connectivity index (χ3n) is 7.62. The highest BCUT2D eigenvalue weighted by Crippen LogP contribution is 2.48. The topological polar surface area (TPSA) is 39.5 Å². The van der Waals surface area contributed by atoms with Crippen LogP contribution in [0.4, 0.5) is 8.78 Å². The van der Waals surface area contributed by atoms with Crippen molar-refractivity contribution in [3.63, 3.8) is 0 Å². The quantitative estimate of drug-likeness (QED) is 0.446. The minimum atomic E-state index is -2.41. The summed E-state index contributed by atoms with van der Waals surface area (Å²) in [4.78, 5) is 1.98. The van der Waals surface area contributed by atoms with Gasteiger partial charge in [-0.1, -0.05) is 35.0 Å². The van der Waals surface area contributed by atoms with E-state index < -0.39 is 6.43 Å². The molecule has 0 radical (unpaired) electrons. The molecule has 8 heteroatoms. The van der Waals surface area contributed by atoms with E-state index in [4.69, 9.17) is 14.6 Å². The number of benzene rings is 1. The van der Waals surface area contributed by atoms with Crippen molar-refractivity contribution in [2.75, 3.05) is 20.3 Å². The Bertz CT molecular complexity index is 1110. The number of fused-ring (bicyclic) bond motifs is 3. The first-order valence-corrected chi connectivity index (χ1v) is 13.0. The number of nitrogens with zero attached hydrogens (tertiary/aromatic N) is 3. The Balaban J connectivity index is 1.63. The normalized spacial score (nSPS) is 30.3. The number of rotatable bonds is 5. The van der Waals surface area contributed by atoms with Gasteiger partial charge in [-0.05, 0) is 61.8 Å². The maximum absolute atomic E-state index is 13.8. The van der Waals surface area contributed by atoms with Crippen LogP contribution >= 0.6 is 15.9 Å². The number of alkyl halides is 2. The van der Waals surface area contributed by atoms with Crippen LogP contribution in [0, 0.1) is 11.8 Å². The Labute approximate surface area is 207 Å². The van der Waals surface area contributed by atoms with Crippen molar-refractivity contribution in [1.29, 1.82) is 0 Å². The number of ether oxygens (including phenoxy) is 2. The highest BCUT2D eigenvalue weighted by molar-refractivity contribution is 9.11. The van der Waals surface area contributed by atoms with Crippen molar-refractivity contribution < 1.29 is 18.3 Å². The van der Waals surface area contributed by atoms with Crippen molar-refractivity contribution in [1.82, 2.24) is 14.7 Å². The van der Waals surface area contributed by atoms with Gasteiger partial charge in [0.25, 0.3) is 6.43 Å². The summed E-state index contributed by atoms with van der Waals surface area (Å²) in [5.74, 6) is 0.866. The molecule has 3 aliphatic rings. The van der Waals surface area contributed by atoms with E-state index in [-0.39, 0.29) is 36.7 Å². The first-order valence-electron chi connectivity index (χ1n) is 12.2. The van der Waals surface area contributed by atoms with Gasteiger partial charge in [0.05, 0.1) is 25.4 Å². The fourth-order valence-corrected chi connectivity index (χ4v) is 6.74. The van der Waals surface area contributed by atoms with Crippen LogP contribution in [-0.2, 0) is 15.9 Å². The minimum absolute atomic E-state index is 0.0361. The predicted molar refractivity (Wildman–Crippen MR) is 132 cm³/mol. The van der Waals surface area contributed by atoms with E-state index in [9.17, 15) is 8.78 Å². The Morgan fingerprint density at radius 1 is 1.26 bits per heavy atom. The molecule has 2 aliphatic heterocycles. The Kier molecular flexibility index (Phi) is 6.84. The molecule has 5 rings (SSSR count). The molecule has 0 N–H and O–H groups in total. The zero-order valence-corrected chi connectivity index (χ0v) is 21.5. The van der Waals surface area contributed by atoms with Gasteiger partial charge in [-0.3, -0.25) is 4.90 Å². The van der Waals surface area contributed by atoms with E-state index in [0.717, 1.165) is 52.6 Å². The number of hydrogen-bond acceptors (Lipinski definition) is 4. The number of hydrogen-bond donors (Lipinski definition) is 0. The molecular weight excluding hydrogens is 504 g/mol. The Hall–Kier alpha value is -1.77. The van der Waals surface area contributed by atoms with Crippen LogP contribution in [0.2, 0.25) is 0 Å². The average molecular weight is 536 g/mol. The van der Waals surface area contributed by atoms with Crippen LogP contribution in [0.15, 0.2) is 40.7 Å². The lowest BCUT2D eigenvalue weighted by Crippen LogP contribution is -2.48. The number of halogens is 3. The molecule has 0 saturated carbocycles. The zero-order chi connectivity index (χ0) is 24.0. The molecule has 5 atom stereocenters. The van der Waals surface area contributed by atoms with Crippen molar-refractivity contribution in [2.45, 2.75) is 64.3 Å². The molecule has 184 valence electrons. The molecule has 0 amide bonds. The molecule has 34 heavy (non-hydrogen) atoms. The number of methoxy groups -OCH3 is 1. The third kappa shape index (κ3) is 4.22. The van der Waals surface area contributed by atoms with E-state index >= 15 is 0 Å². The van der Waals surface area contributed by atoms with Gasteiger partial charge in [0.1, 0.15) is 5.76 Å². The van der Waals surface area contributed by atoms with Crippen molar-refractivity contribution in [3.8, 4) is 0 Å². The number of allylic oxidation sites excluding steroid dienone is 3. The van der Waals surface area contributed by atoms with E-state index in [0.29, 0.717) is 6.42 Å². The first-order chi connectivity index (χ1) is 16.4. The molecule has 1 aromatic heterocycles. The summed E-state index contributed by atoms with van der Waals surface area (Å²) < 4.78 is 42.3. The molecule has 3 unspecified atom stereocenters. The predicted octanol–water partition coefficient (Wildman–Crippen LogP) is 6.36. The second kappa shape index (κ2) is 9.70. The molecular formula is C26H32BrF2N3O2. The highest BCUT2D eigenvalue weighted by atomic mass is 79.9. The fourth-order valence-electron chi connectivity index (χ4n) is 6.10. The van der Waals surface area contributed by atoms with Crippen LogP contribution in [0.5, 0.6) is 0 Å². The maximum atomic E-state index is 13.8. The van der Waals surface area contributed by atoms with Crippen molar-refractivity contribution in [2.24, 2.45) is 11.8 Å². The van der Waals surface area contributed by atoms with Gasteiger partial charge in [0.2, 0.25) is 0 Å². The molecule has 0 spiro atoms. The van der Waals surface area contributed by atoms with Gasteiger partial charge in [-0.2, -0.15) is 5.10 Å². The molecule has 2 aromatic rings. The summed E-state index contributed by atoms with van der Waals surface area (Å²) in [5.41, 5.74) is 3.36. The summed E-state index contributed by atoms with van der Waals surface area (Å²) in [5, 5.41) is 5.82. The second-order valence-electron chi connectivity index (χ2n) is 9.75. The molecule has 0 bridgehead atoms. The fraction of sp³-hybridized carbons (Fsp3) is 0.577. The van der Waals surface area contributed by atoms with Gasteiger partial charge >= 0.3 is 0 Å². The molecule has 1 aromatic carbocycles. The molecule has 3 heterocycles. The second-order valence-corrected chi connectivity index (χ2v) is 10.7. The van der Waals surface area contributed by atoms with Crippen LogP contribution in [0.1, 0.15) is 56.5 Å². The van der Waals surface area contributed by atoms with Crippen LogP contribution in [0.25, 0.3) is 10.9 Å². The minimum Gasteiger partial charge on any atom is -0.501 e. The SMILES string of the molecule is COC1=CC(Br)=CC(C)C1[C@@H]1c2ccc3c(cnn3C3CCCCO3)c2C[C@@H](C)N1CC(F)F. The standard InChI is InChI=1S/C26H32BrF2N3O2/c1-15-10-17(27)12-22(33-3)25(15)26-18-7-8-21-20(13-30-32(21)24-6-4-5-9-34-24)19(18)11-16(2)31(26)14-23(28)29/h7-8,10,12-13,15-16,23-26H,4-6,9,11,14H2,1-3H3/t15?,16-,24?,25?,26+/m1/s1. The van der Waals surface area contributed by atoms with Crippen LogP contribution in [-0.4, -0.2) is 47.4 Å².